The number of halogens is 4. The van der Waals surface area contributed by atoms with Crippen molar-refractivity contribution in [3.8, 4) is 11.5 Å². The molecule has 0 bridgehead atoms. The van der Waals surface area contributed by atoms with Gasteiger partial charge in [-0.15, -0.1) is 0 Å². The van der Waals surface area contributed by atoms with Crippen molar-refractivity contribution in [3.63, 3.8) is 0 Å². The molecule has 0 heterocycles. The van der Waals surface area contributed by atoms with Gasteiger partial charge < -0.3 is 19.5 Å². The molecule has 128 valence electrons. The molecule has 0 spiro atoms. The molecule has 0 aromatic heterocycles. The molecule has 0 atom stereocenters. The number of urea groups is 1. The lowest BCUT2D eigenvalue weighted by molar-refractivity contribution is -0.0539. The van der Waals surface area contributed by atoms with E-state index >= 15 is 0 Å². The van der Waals surface area contributed by atoms with Crippen LogP contribution in [0.1, 0.15) is 0 Å². The zero-order chi connectivity index (χ0) is 17.4. The molecule has 0 aliphatic rings. The highest BCUT2D eigenvalue weighted by Gasteiger charge is 2.15. The molecule has 1 aromatic rings. The maximum atomic E-state index is 12.3. The van der Waals surface area contributed by atoms with Crippen molar-refractivity contribution in [2.45, 2.75) is 13.2 Å². The number of amides is 3. The summed E-state index contributed by atoms with van der Waals surface area (Å²) in [5.41, 5.74) is 3.37. The smallest absolute Gasteiger partial charge is 0.425 e. The van der Waals surface area contributed by atoms with Gasteiger partial charge in [0, 0.05) is 6.07 Å². The Hall–Kier alpha value is -2.92. The predicted octanol–water partition coefficient (Wildman–Crippen LogP) is 2.28. The normalized spacial score (nSPS) is 10.2. The number of benzene rings is 1. The topological polar surface area (TPSA) is 97.9 Å². The second kappa shape index (κ2) is 8.51. The molecule has 0 aliphatic heterocycles. The van der Waals surface area contributed by atoms with E-state index in [9.17, 15) is 27.2 Å². The molecule has 23 heavy (non-hydrogen) atoms. The van der Waals surface area contributed by atoms with Crippen LogP contribution in [0.15, 0.2) is 18.2 Å². The van der Waals surface area contributed by atoms with Crippen LogP contribution in [0.3, 0.4) is 0 Å². The fourth-order valence-electron chi connectivity index (χ4n) is 1.29. The van der Waals surface area contributed by atoms with Gasteiger partial charge in [-0.05, 0) is 12.1 Å². The standard InChI is InChI=1S/C11H11F4N3O5/c1-21-11(20)18-17-10(19)16-6-3-2-5(22-8(12)13)4-7(6)23-9(14)15/h2-4,8-9H,1H3,(H,18,20)(H2,16,17,19). The summed E-state index contributed by atoms with van der Waals surface area (Å²) in [4.78, 5) is 22.2. The van der Waals surface area contributed by atoms with Crippen LogP contribution >= 0.6 is 0 Å². The molecule has 12 heteroatoms. The summed E-state index contributed by atoms with van der Waals surface area (Å²) in [7, 11) is 1.05. The van der Waals surface area contributed by atoms with Gasteiger partial charge >= 0.3 is 25.3 Å². The second-order valence-electron chi connectivity index (χ2n) is 3.61. The van der Waals surface area contributed by atoms with Gasteiger partial charge in [-0.3, -0.25) is 0 Å². The largest absolute Gasteiger partial charge is 0.452 e. The van der Waals surface area contributed by atoms with E-state index in [1.54, 1.807) is 0 Å². The van der Waals surface area contributed by atoms with Crippen LogP contribution in [0.2, 0.25) is 0 Å². The van der Waals surface area contributed by atoms with Crippen LogP contribution in [-0.4, -0.2) is 32.5 Å². The summed E-state index contributed by atoms with van der Waals surface area (Å²) >= 11 is 0. The van der Waals surface area contributed by atoms with Gasteiger partial charge in [0.2, 0.25) is 0 Å². The molecule has 0 radical (unpaired) electrons. The molecule has 0 saturated heterocycles. The minimum Gasteiger partial charge on any atom is -0.452 e. The van der Waals surface area contributed by atoms with Crippen molar-refractivity contribution < 1.29 is 41.4 Å². The van der Waals surface area contributed by atoms with E-state index in [2.05, 4.69) is 19.5 Å². The molecule has 8 nitrogen and oxygen atoms in total. The maximum Gasteiger partial charge on any atom is 0.425 e. The number of rotatable bonds is 5. The second-order valence-corrected chi connectivity index (χ2v) is 3.61. The Kier molecular flexibility index (Phi) is 6.70. The molecule has 3 amide bonds. The fourth-order valence-corrected chi connectivity index (χ4v) is 1.29. The number of ether oxygens (including phenoxy) is 3. The van der Waals surface area contributed by atoms with Crippen molar-refractivity contribution in [1.29, 1.82) is 0 Å². The average molecular weight is 341 g/mol. The number of carbonyl (C=O) groups excluding carboxylic acids is 2. The maximum absolute atomic E-state index is 12.3. The number of hydrogen-bond acceptors (Lipinski definition) is 5. The van der Waals surface area contributed by atoms with E-state index in [1.807, 2.05) is 10.9 Å². The lowest BCUT2D eigenvalue weighted by Gasteiger charge is -2.14. The van der Waals surface area contributed by atoms with Crippen molar-refractivity contribution in [2.75, 3.05) is 12.4 Å². The summed E-state index contributed by atoms with van der Waals surface area (Å²) < 4.78 is 61.1. The Morgan fingerprint density at radius 2 is 1.70 bits per heavy atom. The van der Waals surface area contributed by atoms with Crippen LogP contribution in [0.5, 0.6) is 11.5 Å². The van der Waals surface area contributed by atoms with Crippen molar-refractivity contribution >= 4 is 17.8 Å². The monoisotopic (exact) mass is 341 g/mol. The first kappa shape index (κ1) is 18.1. The van der Waals surface area contributed by atoms with Gasteiger partial charge in [0.25, 0.3) is 0 Å². The van der Waals surface area contributed by atoms with E-state index in [0.29, 0.717) is 0 Å². The number of alkyl halides is 4. The number of methoxy groups -OCH3 is 1. The van der Waals surface area contributed by atoms with E-state index in [-0.39, 0.29) is 5.69 Å². The molecular formula is C11H11F4N3O5. The zero-order valence-corrected chi connectivity index (χ0v) is 11.4. The van der Waals surface area contributed by atoms with Crippen LogP contribution in [0.4, 0.5) is 32.8 Å². The van der Waals surface area contributed by atoms with Crippen LogP contribution < -0.4 is 25.6 Å². The van der Waals surface area contributed by atoms with Gasteiger partial charge in [-0.1, -0.05) is 0 Å². The molecule has 0 unspecified atom stereocenters. The molecule has 0 saturated carbocycles. The summed E-state index contributed by atoms with van der Waals surface area (Å²) in [6, 6.07) is 1.69. The van der Waals surface area contributed by atoms with E-state index in [0.717, 1.165) is 25.3 Å². The third kappa shape index (κ3) is 6.58. The highest BCUT2D eigenvalue weighted by molar-refractivity contribution is 5.91. The number of anilines is 1. The summed E-state index contributed by atoms with van der Waals surface area (Å²) in [6.07, 6.45) is -0.982. The Morgan fingerprint density at radius 1 is 1.04 bits per heavy atom. The van der Waals surface area contributed by atoms with Gasteiger partial charge in [-0.2, -0.15) is 17.6 Å². The van der Waals surface area contributed by atoms with Crippen LogP contribution in [-0.2, 0) is 4.74 Å². The molecule has 1 aromatic carbocycles. The Balaban J connectivity index is 2.82. The van der Waals surface area contributed by atoms with Gasteiger partial charge in [0.05, 0.1) is 12.8 Å². The van der Waals surface area contributed by atoms with Crippen LogP contribution in [0, 0.1) is 0 Å². The zero-order valence-electron chi connectivity index (χ0n) is 11.4. The Bertz CT molecular complexity index is 558. The van der Waals surface area contributed by atoms with Gasteiger partial charge in [-0.25, -0.2) is 20.4 Å². The average Bonchev–Trinajstić information content (AvgIpc) is 2.46. The molecule has 0 aliphatic carbocycles. The summed E-state index contributed by atoms with van der Waals surface area (Å²) in [6.45, 7) is -6.44. The fraction of sp³-hybridized carbons (Fsp3) is 0.273. The van der Waals surface area contributed by atoms with E-state index in [1.165, 1.54) is 0 Å². The lowest BCUT2D eigenvalue weighted by atomic mass is 10.2. The van der Waals surface area contributed by atoms with E-state index < -0.39 is 36.8 Å². The number of hydrazine groups is 1. The quantitative estimate of drug-likeness (QED) is 0.564. The van der Waals surface area contributed by atoms with E-state index in [4.69, 9.17) is 0 Å². The highest BCUT2D eigenvalue weighted by atomic mass is 19.3. The third-order valence-electron chi connectivity index (χ3n) is 2.11. The summed E-state index contributed by atoms with van der Waals surface area (Å²) in [5.74, 6) is -1.07. The molecular weight excluding hydrogens is 330 g/mol. The molecule has 1 rings (SSSR count). The van der Waals surface area contributed by atoms with Crippen molar-refractivity contribution in [2.24, 2.45) is 0 Å². The highest BCUT2D eigenvalue weighted by Crippen LogP contribution is 2.31. The van der Waals surface area contributed by atoms with Crippen molar-refractivity contribution in [1.82, 2.24) is 10.9 Å². The lowest BCUT2D eigenvalue weighted by Crippen LogP contribution is -2.43. The molecule has 3 N–H and O–H groups in total. The first-order valence-electron chi connectivity index (χ1n) is 5.76. The third-order valence-corrected chi connectivity index (χ3v) is 2.11. The number of carbonyl (C=O) groups is 2. The first-order valence-corrected chi connectivity index (χ1v) is 5.76. The Morgan fingerprint density at radius 3 is 2.26 bits per heavy atom. The minimum absolute atomic E-state index is 0.281. The van der Waals surface area contributed by atoms with Crippen molar-refractivity contribution in [3.05, 3.63) is 18.2 Å². The number of nitrogens with one attached hydrogen (secondary N) is 3. The summed E-state index contributed by atoms with van der Waals surface area (Å²) in [5, 5.41) is 2.05. The van der Waals surface area contributed by atoms with Crippen LogP contribution in [0.25, 0.3) is 0 Å². The SMILES string of the molecule is COC(=O)NNC(=O)Nc1ccc(OC(F)F)cc1OC(F)F. The first-order chi connectivity index (χ1) is 10.8. The number of hydrogen-bond donors (Lipinski definition) is 3. The molecule has 0 fully saturated rings. The predicted molar refractivity (Wildman–Crippen MR) is 67.4 cm³/mol. The van der Waals surface area contributed by atoms with Gasteiger partial charge in [0.15, 0.2) is 5.75 Å². The van der Waals surface area contributed by atoms with Gasteiger partial charge in [0.1, 0.15) is 5.75 Å². The Labute approximate surface area is 126 Å². The minimum atomic E-state index is -3.27.